The lowest BCUT2D eigenvalue weighted by molar-refractivity contribution is 1.27. The minimum atomic E-state index is 1.06. The molecule has 0 unspecified atom stereocenters. The van der Waals surface area contributed by atoms with E-state index < -0.39 is 0 Å². The van der Waals surface area contributed by atoms with Crippen molar-refractivity contribution in [1.29, 1.82) is 0 Å². The van der Waals surface area contributed by atoms with E-state index in [4.69, 9.17) is 0 Å². The first-order chi connectivity index (χ1) is 9.36. The van der Waals surface area contributed by atoms with Crippen LogP contribution in [0.15, 0.2) is 72.9 Å². The van der Waals surface area contributed by atoms with E-state index in [-0.39, 0.29) is 0 Å². The summed E-state index contributed by atoms with van der Waals surface area (Å²) in [5, 5.41) is 0. The van der Waals surface area contributed by atoms with Crippen LogP contribution in [0.5, 0.6) is 0 Å². The van der Waals surface area contributed by atoms with E-state index in [1.165, 1.54) is 16.7 Å². The summed E-state index contributed by atoms with van der Waals surface area (Å²) < 4.78 is 0. The summed E-state index contributed by atoms with van der Waals surface area (Å²) in [6.45, 7) is 2.14. The molecule has 0 saturated heterocycles. The summed E-state index contributed by atoms with van der Waals surface area (Å²) in [5.41, 5.74) is 5.92. The first-order valence-electron chi connectivity index (χ1n) is 6.43. The zero-order chi connectivity index (χ0) is 13.1. The SMILES string of the molecule is Cc1c(-c2ccccc2)ccnc1-c1ccccc1. The number of rotatable bonds is 2. The molecule has 1 heterocycles. The van der Waals surface area contributed by atoms with Gasteiger partial charge in [-0.3, -0.25) is 4.98 Å². The summed E-state index contributed by atoms with van der Waals surface area (Å²) in [6, 6.07) is 22.9. The van der Waals surface area contributed by atoms with Crippen LogP contribution in [0.25, 0.3) is 22.4 Å². The fraction of sp³-hybridized carbons (Fsp3) is 0.0556. The maximum absolute atomic E-state index is 4.53. The average molecular weight is 245 g/mol. The van der Waals surface area contributed by atoms with Gasteiger partial charge in [-0.05, 0) is 29.7 Å². The molecule has 0 fully saturated rings. The molecule has 0 N–H and O–H groups in total. The molecular weight excluding hydrogens is 230 g/mol. The van der Waals surface area contributed by atoms with E-state index in [2.05, 4.69) is 54.4 Å². The fourth-order valence-corrected chi connectivity index (χ4v) is 2.35. The number of aromatic nitrogens is 1. The van der Waals surface area contributed by atoms with Crippen molar-refractivity contribution in [1.82, 2.24) is 4.98 Å². The van der Waals surface area contributed by atoms with Gasteiger partial charge in [0.05, 0.1) is 5.69 Å². The number of hydrogen-bond donors (Lipinski definition) is 0. The Hall–Kier alpha value is -2.41. The van der Waals surface area contributed by atoms with Crippen LogP contribution in [-0.4, -0.2) is 4.98 Å². The van der Waals surface area contributed by atoms with Gasteiger partial charge < -0.3 is 0 Å². The normalized spacial score (nSPS) is 10.4. The molecule has 0 radical (unpaired) electrons. The van der Waals surface area contributed by atoms with Crippen molar-refractivity contribution in [3.63, 3.8) is 0 Å². The molecule has 0 spiro atoms. The largest absolute Gasteiger partial charge is 0.256 e. The number of pyridine rings is 1. The molecule has 2 aromatic carbocycles. The molecule has 0 amide bonds. The average Bonchev–Trinajstić information content (AvgIpc) is 2.49. The summed E-state index contributed by atoms with van der Waals surface area (Å²) in [5.74, 6) is 0. The molecule has 0 atom stereocenters. The Kier molecular flexibility index (Phi) is 3.11. The van der Waals surface area contributed by atoms with Gasteiger partial charge in [-0.2, -0.15) is 0 Å². The zero-order valence-corrected chi connectivity index (χ0v) is 10.9. The second-order valence-electron chi connectivity index (χ2n) is 4.56. The van der Waals surface area contributed by atoms with Gasteiger partial charge in [0.1, 0.15) is 0 Å². The van der Waals surface area contributed by atoms with Crippen molar-refractivity contribution in [3.05, 3.63) is 78.5 Å². The van der Waals surface area contributed by atoms with E-state index in [1.54, 1.807) is 0 Å². The monoisotopic (exact) mass is 245 g/mol. The molecule has 0 bridgehead atoms. The van der Waals surface area contributed by atoms with Crippen molar-refractivity contribution in [2.45, 2.75) is 6.92 Å². The lowest BCUT2D eigenvalue weighted by Crippen LogP contribution is -1.91. The van der Waals surface area contributed by atoms with Crippen LogP contribution in [0.1, 0.15) is 5.56 Å². The van der Waals surface area contributed by atoms with Gasteiger partial charge in [0, 0.05) is 11.8 Å². The molecule has 19 heavy (non-hydrogen) atoms. The number of hydrogen-bond acceptors (Lipinski definition) is 1. The molecule has 0 saturated carbocycles. The second-order valence-corrected chi connectivity index (χ2v) is 4.56. The Balaban J connectivity index is 2.15. The van der Waals surface area contributed by atoms with Crippen molar-refractivity contribution in [2.75, 3.05) is 0 Å². The zero-order valence-electron chi connectivity index (χ0n) is 10.9. The van der Waals surface area contributed by atoms with Gasteiger partial charge in [0.25, 0.3) is 0 Å². The van der Waals surface area contributed by atoms with Gasteiger partial charge in [0.2, 0.25) is 0 Å². The van der Waals surface area contributed by atoms with Crippen LogP contribution in [0.4, 0.5) is 0 Å². The predicted molar refractivity (Wildman–Crippen MR) is 79.8 cm³/mol. The van der Waals surface area contributed by atoms with Gasteiger partial charge >= 0.3 is 0 Å². The summed E-state index contributed by atoms with van der Waals surface area (Å²) in [7, 11) is 0. The van der Waals surface area contributed by atoms with Crippen molar-refractivity contribution in [3.8, 4) is 22.4 Å². The van der Waals surface area contributed by atoms with Crippen LogP contribution in [0.2, 0.25) is 0 Å². The van der Waals surface area contributed by atoms with E-state index in [0.29, 0.717) is 0 Å². The second kappa shape index (κ2) is 5.07. The molecule has 0 aliphatic heterocycles. The van der Waals surface area contributed by atoms with Crippen LogP contribution in [0, 0.1) is 6.92 Å². The Bertz CT molecular complexity index is 615. The lowest BCUT2D eigenvalue weighted by atomic mass is 9.97. The number of benzene rings is 2. The Labute approximate surface area is 113 Å². The lowest BCUT2D eigenvalue weighted by Gasteiger charge is -2.10. The fourth-order valence-electron chi connectivity index (χ4n) is 2.35. The van der Waals surface area contributed by atoms with E-state index in [0.717, 1.165) is 11.3 Å². The third-order valence-corrected chi connectivity index (χ3v) is 3.34. The van der Waals surface area contributed by atoms with Gasteiger partial charge in [-0.1, -0.05) is 60.7 Å². The molecule has 1 nitrogen and oxygen atoms in total. The molecule has 3 rings (SSSR count). The summed E-state index contributed by atoms with van der Waals surface area (Å²) >= 11 is 0. The standard InChI is InChI=1S/C18H15N/c1-14-17(15-8-4-2-5-9-15)12-13-19-18(14)16-10-6-3-7-11-16/h2-13H,1H3. The highest BCUT2D eigenvalue weighted by Crippen LogP contribution is 2.29. The highest BCUT2D eigenvalue weighted by atomic mass is 14.7. The van der Waals surface area contributed by atoms with Crippen LogP contribution in [0.3, 0.4) is 0 Å². The smallest absolute Gasteiger partial charge is 0.0737 e. The Morgan fingerprint density at radius 3 is 1.89 bits per heavy atom. The van der Waals surface area contributed by atoms with Crippen molar-refractivity contribution in [2.24, 2.45) is 0 Å². The first-order valence-corrected chi connectivity index (χ1v) is 6.43. The van der Waals surface area contributed by atoms with Crippen LogP contribution >= 0.6 is 0 Å². The first kappa shape index (κ1) is 11.7. The van der Waals surface area contributed by atoms with E-state index >= 15 is 0 Å². The van der Waals surface area contributed by atoms with E-state index in [1.807, 2.05) is 30.5 Å². The summed E-state index contributed by atoms with van der Waals surface area (Å²) in [6.07, 6.45) is 1.89. The van der Waals surface area contributed by atoms with Crippen LogP contribution < -0.4 is 0 Å². The van der Waals surface area contributed by atoms with Crippen molar-refractivity contribution < 1.29 is 0 Å². The maximum Gasteiger partial charge on any atom is 0.0737 e. The topological polar surface area (TPSA) is 12.9 Å². The molecule has 1 heteroatoms. The molecule has 3 aromatic rings. The van der Waals surface area contributed by atoms with Gasteiger partial charge in [0.15, 0.2) is 0 Å². The Morgan fingerprint density at radius 1 is 0.684 bits per heavy atom. The quantitative estimate of drug-likeness (QED) is 0.636. The maximum atomic E-state index is 4.53. The predicted octanol–water partition coefficient (Wildman–Crippen LogP) is 4.72. The van der Waals surface area contributed by atoms with E-state index in [9.17, 15) is 0 Å². The summed E-state index contributed by atoms with van der Waals surface area (Å²) in [4.78, 5) is 4.53. The third-order valence-electron chi connectivity index (χ3n) is 3.34. The minimum Gasteiger partial charge on any atom is -0.256 e. The number of nitrogens with zero attached hydrogens (tertiary/aromatic N) is 1. The highest BCUT2D eigenvalue weighted by Gasteiger charge is 2.08. The molecule has 0 aliphatic carbocycles. The molecule has 1 aromatic heterocycles. The third kappa shape index (κ3) is 2.27. The molecular formula is C18H15N. The molecule has 0 aliphatic rings. The van der Waals surface area contributed by atoms with Crippen molar-refractivity contribution >= 4 is 0 Å². The molecule has 92 valence electrons. The minimum absolute atomic E-state index is 1.06. The van der Waals surface area contributed by atoms with Gasteiger partial charge in [-0.25, -0.2) is 0 Å². The van der Waals surface area contributed by atoms with Crippen LogP contribution in [-0.2, 0) is 0 Å². The van der Waals surface area contributed by atoms with Gasteiger partial charge in [-0.15, -0.1) is 0 Å². The highest BCUT2D eigenvalue weighted by molar-refractivity contribution is 5.75. The Morgan fingerprint density at radius 2 is 1.26 bits per heavy atom.